The summed E-state index contributed by atoms with van der Waals surface area (Å²) in [6.07, 6.45) is 0. The highest BCUT2D eigenvalue weighted by molar-refractivity contribution is 7.70. The Balaban J connectivity index is 5.01. The SMILES string of the molecule is CCN(C)C(P(=O)(O)O)P(=O)(O)O. The van der Waals surface area contributed by atoms with Gasteiger partial charge in [-0.3, -0.25) is 14.0 Å². The Morgan fingerprint density at radius 2 is 1.46 bits per heavy atom. The minimum absolute atomic E-state index is 0.140. The molecule has 0 amide bonds. The molecule has 13 heavy (non-hydrogen) atoms. The van der Waals surface area contributed by atoms with Gasteiger partial charge in [-0.25, -0.2) is 0 Å². The predicted octanol–water partition coefficient (Wildman–Crippen LogP) is -0.423. The molecule has 80 valence electrons. The van der Waals surface area contributed by atoms with Crippen molar-refractivity contribution in [1.82, 2.24) is 4.90 Å². The zero-order valence-electron chi connectivity index (χ0n) is 7.23. The first kappa shape index (κ1) is 13.3. The molecule has 0 radical (unpaired) electrons. The van der Waals surface area contributed by atoms with Crippen molar-refractivity contribution in [2.45, 2.75) is 12.4 Å². The van der Waals surface area contributed by atoms with Crippen LogP contribution in [0, 0.1) is 0 Å². The van der Waals surface area contributed by atoms with Crippen LogP contribution in [0.4, 0.5) is 0 Å². The lowest BCUT2D eigenvalue weighted by Gasteiger charge is -2.27. The van der Waals surface area contributed by atoms with E-state index in [2.05, 4.69) is 0 Å². The smallest absolute Gasteiger partial charge is 0.323 e. The fraction of sp³-hybridized carbons (Fsp3) is 1.00. The summed E-state index contributed by atoms with van der Waals surface area (Å²) < 4.78 is 21.5. The molecule has 4 N–H and O–H groups in total. The molecule has 0 aliphatic heterocycles. The van der Waals surface area contributed by atoms with E-state index in [1.165, 1.54) is 7.05 Å². The van der Waals surface area contributed by atoms with Crippen molar-refractivity contribution in [3.63, 3.8) is 0 Å². The Labute approximate surface area is 75.7 Å². The van der Waals surface area contributed by atoms with Crippen molar-refractivity contribution < 1.29 is 28.7 Å². The van der Waals surface area contributed by atoms with E-state index < -0.39 is 20.7 Å². The summed E-state index contributed by atoms with van der Waals surface area (Å²) in [5.74, 6) is 0. The van der Waals surface area contributed by atoms with Gasteiger partial charge in [0, 0.05) is 0 Å². The van der Waals surface area contributed by atoms with Gasteiger partial charge in [0.1, 0.15) is 0 Å². The minimum atomic E-state index is -4.81. The normalized spacial score (nSPS) is 14.2. The van der Waals surface area contributed by atoms with Crippen molar-refractivity contribution in [2.75, 3.05) is 13.6 Å². The topological polar surface area (TPSA) is 118 Å². The fourth-order valence-corrected chi connectivity index (χ4v) is 3.79. The molecule has 0 spiro atoms. The summed E-state index contributed by atoms with van der Waals surface area (Å²) in [6.45, 7) is 1.68. The highest BCUT2D eigenvalue weighted by Crippen LogP contribution is 2.60. The summed E-state index contributed by atoms with van der Waals surface area (Å²) in [5, 5.41) is 0. The molecule has 0 bridgehead atoms. The summed E-state index contributed by atoms with van der Waals surface area (Å²) in [4.78, 5) is 35.7. The van der Waals surface area contributed by atoms with Crippen LogP contribution in [-0.4, -0.2) is 43.6 Å². The number of hydrogen-bond acceptors (Lipinski definition) is 3. The summed E-state index contributed by atoms with van der Waals surface area (Å²) in [5.41, 5.74) is -2.04. The van der Waals surface area contributed by atoms with Crippen LogP contribution in [0.3, 0.4) is 0 Å². The van der Waals surface area contributed by atoms with E-state index in [0.717, 1.165) is 4.90 Å². The van der Waals surface area contributed by atoms with Crippen molar-refractivity contribution >= 4 is 15.2 Å². The molecule has 0 aromatic heterocycles. The van der Waals surface area contributed by atoms with Crippen LogP contribution in [-0.2, 0) is 9.13 Å². The molecule has 0 unspecified atom stereocenters. The standard InChI is InChI=1S/C4H13NO6P2/c1-3-5(2)4(12(6,7)8)13(9,10)11/h4H,3H2,1-2H3,(H2,6,7,8)(H2,9,10,11). The van der Waals surface area contributed by atoms with E-state index in [1.54, 1.807) is 6.92 Å². The van der Waals surface area contributed by atoms with Crippen LogP contribution < -0.4 is 0 Å². The molecule has 9 heteroatoms. The third-order valence-corrected chi connectivity index (χ3v) is 5.29. The quantitative estimate of drug-likeness (QED) is 0.487. The van der Waals surface area contributed by atoms with Crippen LogP contribution in [0.1, 0.15) is 6.92 Å². The van der Waals surface area contributed by atoms with E-state index >= 15 is 0 Å². The Morgan fingerprint density at radius 3 is 1.54 bits per heavy atom. The van der Waals surface area contributed by atoms with Gasteiger partial charge in [0.15, 0.2) is 0 Å². The van der Waals surface area contributed by atoms with E-state index in [1.807, 2.05) is 0 Å². The third-order valence-electron chi connectivity index (χ3n) is 1.49. The number of rotatable bonds is 4. The molecule has 0 saturated carbocycles. The number of nitrogens with zero attached hydrogens (tertiary/aromatic N) is 1. The maximum Gasteiger partial charge on any atom is 0.354 e. The molecule has 0 aromatic carbocycles. The largest absolute Gasteiger partial charge is 0.354 e. The van der Waals surface area contributed by atoms with Gasteiger partial charge in [-0.05, 0) is 13.6 Å². The first-order chi connectivity index (χ1) is 5.60. The van der Waals surface area contributed by atoms with Gasteiger partial charge >= 0.3 is 15.2 Å². The van der Waals surface area contributed by atoms with Crippen molar-refractivity contribution in [2.24, 2.45) is 0 Å². The van der Waals surface area contributed by atoms with E-state index in [9.17, 15) is 9.13 Å². The summed E-state index contributed by atoms with van der Waals surface area (Å²) in [7, 11) is -8.38. The van der Waals surface area contributed by atoms with Crippen LogP contribution in [0.25, 0.3) is 0 Å². The molecule has 0 aliphatic carbocycles. The van der Waals surface area contributed by atoms with Gasteiger partial charge in [-0.1, -0.05) is 6.92 Å². The van der Waals surface area contributed by atoms with Gasteiger partial charge < -0.3 is 19.6 Å². The van der Waals surface area contributed by atoms with Crippen molar-refractivity contribution in [1.29, 1.82) is 0 Å². The van der Waals surface area contributed by atoms with Gasteiger partial charge in [-0.2, -0.15) is 0 Å². The minimum Gasteiger partial charge on any atom is -0.323 e. The lowest BCUT2D eigenvalue weighted by molar-refractivity contribution is 0.262. The van der Waals surface area contributed by atoms with Gasteiger partial charge in [-0.15, -0.1) is 0 Å². The van der Waals surface area contributed by atoms with E-state index in [0.29, 0.717) is 0 Å². The zero-order chi connectivity index (χ0) is 10.9. The highest BCUT2D eigenvalue weighted by atomic mass is 31.2. The Kier molecular flexibility index (Phi) is 4.27. The third kappa shape index (κ3) is 3.87. The van der Waals surface area contributed by atoms with Gasteiger partial charge in [0.25, 0.3) is 0 Å². The molecule has 0 heterocycles. The highest BCUT2D eigenvalue weighted by Gasteiger charge is 2.45. The van der Waals surface area contributed by atoms with Gasteiger partial charge in [0.05, 0.1) is 0 Å². The molecular formula is C4H13NO6P2. The molecule has 0 rings (SSSR count). The first-order valence-electron chi connectivity index (χ1n) is 3.41. The monoisotopic (exact) mass is 233 g/mol. The molecule has 7 nitrogen and oxygen atoms in total. The fourth-order valence-electron chi connectivity index (χ4n) is 0.873. The van der Waals surface area contributed by atoms with Gasteiger partial charge in [0.2, 0.25) is 5.52 Å². The second kappa shape index (κ2) is 4.19. The number of hydrogen-bond donors (Lipinski definition) is 4. The second-order valence-corrected chi connectivity index (χ2v) is 6.34. The van der Waals surface area contributed by atoms with Crippen LogP contribution in [0.2, 0.25) is 0 Å². The van der Waals surface area contributed by atoms with Crippen molar-refractivity contribution in [3.8, 4) is 0 Å². The molecule has 0 aliphatic rings. The predicted molar refractivity (Wildman–Crippen MR) is 46.2 cm³/mol. The summed E-state index contributed by atoms with van der Waals surface area (Å²) >= 11 is 0. The Hall–Kier alpha value is 0.260. The van der Waals surface area contributed by atoms with E-state index in [4.69, 9.17) is 19.6 Å². The first-order valence-corrected chi connectivity index (χ1v) is 6.77. The van der Waals surface area contributed by atoms with Crippen LogP contribution in [0.5, 0.6) is 0 Å². The zero-order valence-corrected chi connectivity index (χ0v) is 9.02. The Morgan fingerprint density at radius 1 is 1.15 bits per heavy atom. The molecule has 0 atom stereocenters. The average molecular weight is 233 g/mol. The van der Waals surface area contributed by atoms with Crippen molar-refractivity contribution in [3.05, 3.63) is 0 Å². The van der Waals surface area contributed by atoms with Crippen LogP contribution in [0.15, 0.2) is 0 Å². The maximum absolute atomic E-state index is 10.7. The molecular weight excluding hydrogens is 220 g/mol. The molecule has 0 fully saturated rings. The molecule has 0 aromatic rings. The van der Waals surface area contributed by atoms with Crippen LogP contribution >= 0.6 is 15.2 Å². The Bertz CT molecular complexity index is 233. The molecule has 0 saturated heterocycles. The van der Waals surface area contributed by atoms with E-state index in [-0.39, 0.29) is 6.54 Å². The lowest BCUT2D eigenvalue weighted by atomic mass is 10.7. The lowest BCUT2D eigenvalue weighted by Crippen LogP contribution is -2.31. The average Bonchev–Trinajstić information content (AvgIpc) is 1.80. The summed E-state index contributed by atoms with van der Waals surface area (Å²) in [6, 6.07) is 0. The maximum atomic E-state index is 10.7. The second-order valence-electron chi connectivity index (χ2n) is 2.60.